The molecular formula is C20H20N4O2S. The SMILES string of the molecule is CC(Sc1nc2ccccc2c(=O)n1Cc1cccnc1)C(=O)NC1CC1. The number of hydrogen-bond acceptors (Lipinski definition) is 5. The summed E-state index contributed by atoms with van der Waals surface area (Å²) < 4.78 is 1.63. The van der Waals surface area contributed by atoms with Gasteiger partial charge in [-0.1, -0.05) is 30.0 Å². The number of thioether (sulfide) groups is 1. The first kappa shape index (κ1) is 17.7. The molecule has 1 fully saturated rings. The Morgan fingerprint density at radius 3 is 2.85 bits per heavy atom. The van der Waals surface area contributed by atoms with Gasteiger partial charge in [0.15, 0.2) is 5.16 Å². The number of carbonyl (C=O) groups is 1. The van der Waals surface area contributed by atoms with Gasteiger partial charge < -0.3 is 5.32 Å². The summed E-state index contributed by atoms with van der Waals surface area (Å²) in [5, 5.41) is 3.79. The van der Waals surface area contributed by atoms with Gasteiger partial charge in [0.05, 0.1) is 22.7 Å². The molecule has 3 aromatic rings. The van der Waals surface area contributed by atoms with Crippen molar-refractivity contribution in [3.63, 3.8) is 0 Å². The predicted molar refractivity (Wildman–Crippen MR) is 106 cm³/mol. The molecule has 0 spiro atoms. The van der Waals surface area contributed by atoms with Gasteiger partial charge in [-0.05, 0) is 43.5 Å². The molecule has 1 amide bonds. The average molecular weight is 380 g/mol. The number of aromatic nitrogens is 3. The van der Waals surface area contributed by atoms with Crippen molar-refractivity contribution in [1.82, 2.24) is 19.9 Å². The topological polar surface area (TPSA) is 76.9 Å². The summed E-state index contributed by atoms with van der Waals surface area (Å²) in [6.07, 6.45) is 5.52. The van der Waals surface area contributed by atoms with Crippen LogP contribution >= 0.6 is 11.8 Å². The molecule has 1 aromatic carbocycles. The Labute approximate surface area is 161 Å². The molecule has 1 N–H and O–H groups in total. The van der Waals surface area contributed by atoms with Crippen LogP contribution in [0.1, 0.15) is 25.3 Å². The molecule has 6 nitrogen and oxygen atoms in total. The van der Waals surface area contributed by atoms with Crippen molar-refractivity contribution < 1.29 is 4.79 Å². The number of nitrogens with one attached hydrogen (secondary N) is 1. The monoisotopic (exact) mass is 380 g/mol. The largest absolute Gasteiger partial charge is 0.352 e. The average Bonchev–Trinajstić information content (AvgIpc) is 3.49. The summed E-state index contributed by atoms with van der Waals surface area (Å²) in [5.74, 6) is -0.0159. The van der Waals surface area contributed by atoms with Crippen molar-refractivity contribution in [3.05, 3.63) is 64.7 Å². The van der Waals surface area contributed by atoms with Crippen molar-refractivity contribution in [2.45, 2.75) is 42.8 Å². The van der Waals surface area contributed by atoms with Gasteiger partial charge in [-0.2, -0.15) is 0 Å². The van der Waals surface area contributed by atoms with E-state index in [0.717, 1.165) is 18.4 Å². The van der Waals surface area contributed by atoms with Crippen molar-refractivity contribution in [1.29, 1.82) is 0 Å². The zero-order valence-electron chi connectivity index (χ0n) is 15.0. The predicted octanol–water partition coefficient (Wildman–Crippen LogP) is 2.60. The van der Waals surface area contributed by atoms with Gasteiger partial charge >= 0.3 is 0 Å². The summed E-state index contributed by atoms with van der Waals surface area (Å²) in [5.41, 5.74) is 1.44. The van der Waals surface area contributed by atoms with Gasteiger partial charge in [-0.25, -0.2) is 4.98 Å². The van der Waals surface area contributed by atoms with Crippen LogP contribution in [-0.4, -0.2) is 31.7 Å². The smallest absolute Gasteiger partial charge is 0.262 e. The number of pyridine rings is 1. The second-order valence-corrected chi connectivity index (χ2v) is 8.01. The Bertz CT molecular complexity index is 1030. The Morgan fingerprint density at radius 2 is 2.11 bits per heavy atom. The molecule has 2 aromatic heterocycles. The number of rotatable bonds is 6. The highest BCUT2D eigenvalue weighted by molar-refractivity contribution is 8.00. The number of nitrogens with zero attached hydrogens (tertiary/aromatic N) is 3. The Balaban J connectivity index is 1.71. The fraction of sp³-hybridized carbons (Fsp3) is 0.300. The molecule has 2 heterocycles. The highest BCUT2D eigenvalue weighted by Crippen LogP contribution is 2.25. The molecule has 27 heavy (non-hydrogen) atoms. The highest BCUT2D eigenvalue weighted by atomic mass is 32.2. The van der Waals surface area contributed by atoms with Crippen LogP contribution in [0.25, 0.3) is 10.9 Å². The molecule has 4 rings (SSSR count). The van der Waals surface area contributed by atoms with E-state index in [1.54, 1.807) is 23.0 Å². The number of benzene rings is 1. The van der Waals surface area contributed by atoms with E-state index in [2.05, 4.69) is 15.3 Å². The van der Waals surface area contributed by atoms with Crippen LogP contribution in [-0.2, 0) is 11.3 Å². The molecule has 1 atom stereocenters. The molecule has 7 heteroatoms. The third-order valence-corrected chi connectivity index (χ3v) is 5.56. The van der Waals surface area contributed by atoms with Gasteiger partial charge in [0.25, 0.3) is 5.56 Å². The molecule has 0 bridgehead atoms. The number of amides is 1. The molecule has 1 unspecified atom stereocenters. The van der Waals surface area contributed by atoms with Gasteiger partial charge in [0.2, 0.25) is 5.91 Å². The number of para-hydroxylation sites is 1. The fourth-order valence-electron chi connectivity index (χ4n) is 2.81. The van der Waals surface area contributed by atoms with Gasteiger partial charge in [-0.3, -0.25) is 19.1 Å². The van der Waals surface area contributed by atoms with Gasteiger partial charge in [0, 0.05) is 18.4 Å². The van der Waals surface area contributed by atoms with E-state index < -0.39 is 0 Å². The summed E-state index contributed by atoms with van der Waals surface area (Å²) in [6, 6.07) is 11.4. The minimum Gasteiger partial charge on any atom is -0.352 e. The zero-order valence-corrected chi connectivity index (χ0v) is 15.8. The maximum Gasteiger partial charge on any atom is 0.262 e. The molecule has 1 aliphatic rings. The van der Waals surface area contributed by atoms with E-state index in [0.29, 0.717) is 28.6 Å². The number of carbonyl (C=O) groups excluding carboxylic acids is 1. The normalized spacial score (nSPS) is 14.9. The van der Waals surface area contributed by atoms with Crippen molar-refractivity contribution in [3.8, 4) is 0 Å². The van der Waals surface area contributed by atoms with Crippen LogP contribution in [0, 0.1) is 0 Å². The lowest BCUT2D eigenvalue weighted by molar-refractivity contribution is -0.120. The van der Waals surface area contributed by atoms with Gasteiger partial charge in [0.1, 0.15) is 0 Å². The van der Waals surface area contributed by atoms with Crippen molar-refractivity contribution >= 4 is 28.6 Å². The molecule has 138 valence electrons. The Morgan fingerprint density at radius 1 is 1.30 bits per heavy atom. The minimum absolute atomic E-state index is 0.0159. The summed E-state index contributed by atoms with van der Waals surface area (Å²) >= 11 is 1.32. The number of hydrogen-bond donors (Lipinski definition) is 1. The molecule has 0 saturated heterocycles. The first-order valence-electron chi connectivity index (χ1n) is 8.97. The molecule has 1 saturated carbocycles. The lowest BCUT2D eigenvalue weighted by Gasteiger charge is -2.16. The van der Waals surface area contributed by atoms with Crippen LogP contribution in [0.4, 0.5) is 0 Å². The van der Waals surface area contributed by atoms with E-state index >= 15 is 0 Å². The van der Waals surface area contributed by atoms with Crippen LogP contribution in [0.3, 0.4) is 0 Å². The summed E-state index contributed by atoms with van der Waals surface area (Å²) in [6.45, 7) is 2.21. The van der Waals surface area contributed by atoms with E-state index in [1.165, 1.54) is 11.8 Å². The standard InChI is InChI=1S/C20H20N4O2S/c1-13(18(25)22-15-8-9-15)27-20-23-17-7-3-2-6-16(17)19(26)24(20)12-14-5-4-10-21-11-14/h2-7,10-11,13,15H,8-9,12H2,1H3,(H,22,25). The fourth-order valence-corrected chi connectivity index (χ4v) is 3.73. The molecule has 0 radical (unpaired) electrons. The summed E-state index contributed by atoms with van der Waals surface area (Å²) in [7, 11) is 0. The lowest BCUT2D eigenvalue weighted by Crippen LogP contribution is -2.33. The maximum absolute atomic E-state index is 13.1. The molecule has 1 aliphatic carbocycles. The Hall–Kier alpha value is -2.67. The van der Waals surface area contributed by atoms with Crippen molar-refractivity contribution in [2.24, 2.45) is 0 Å². The van der Waals surface area contributed by atoms with E-state index in [1.807, 2.05) is 37.3 Å². The first-order valence-corrected chi connectivity index (χ1v) is 9.85. The highest BCUT2D eigenvalue weighted by Gasteiger charge is 2.27. The van der Waals surface area contributed by atoms with Crippen molar-refractivity contribution in [2.75, 3.05) is 0 Å². The molecule has 0 aliphatic heterocycles. The summed E-state index contributed by atoms with van der Waals surface area (Å²) in [4.78, 5) is 34.2. The lowest BCUT2D eigenvalue weighted by atomic mass is 10.2. The van der Waals surface area contributed by atoms with E-state index in [9.17, 15) is 9.59 Å². The quantitative estimate of drug-likeness (QED) is 0.525. The second kappa shape index (κ2) is 7.52. The maximum atomic E-state index is 13.1. The molecular weight excluding hydrogens is 360 g/mol. The first-order chi connectivity index (χ1) is 13.1. The van der Waals surface area contributed by atoms with Crippen LogP contribution < -0.4 is 10.9 Å². The second-order valence-electron chi connectivity index (χ2n) is 6.71. The van der Waals surface area contributed by atoms with Crippen LogP contribution in [0.2, 0.25) is 0 Å². The van der Waals surface area contributed by atoms with Gasteiger partial charge in [-0.15, -0.1) is 0 Å². The van der Waals surface area contributed by atoms with E-state index in [4.69, 9.17) is 0 Å². The van der Waals surface area contributed by atoms with E-state index in [-0.39, 0.29) is 16.7 Å². The zero-order chi connectivity index (χ0) is 18.8. The van der Waals surface area contributed by atoms with Crippen LogP contribution in [0.15, 0.2) is 58.7 Å². The minimum atomic E-state index is -0.334. The Kier molecular flexibility index (Phi) is 4.94. The third kappa shape index (κ3) is 4.03. The number of fused-ring (bicyclic) bond motifs is 1. The van der Waals surface area contributed by atoms with Crippen LogP contribution in [0.5, 0.6) is 0 Å². The third-order valence-electron chi connectivity index (χ3n) is 4.47.